The van der Waals surface area contributed by atoms with Crippen LogP contribution < -0.4 is 59.1 Å². The number of hydrogen-bond donors (Lipinski definition) is 1. The molecular weight excluding hydrogens is 282 g/mol. The van der Waals surface area contributed by atoms with Crippen LogP contribution in [0.15, 0.2) is 24.3 Å². The number of benzene rings is 1. The van der Waals surface area contributed by atoms with E-state index in [2.05, 4.69) is 6.92 Å². The van der Waals surface area contributed by atoms with Gasteiger partial charge in [0.05, 0.1) is 6.10 Å². The number of hydrogen-bond acceptors (Lipinski definition) is 2. The summed E-state index contributed by atoms with van der Waals surface area (Å²) in [5.41, 5.74) is 0.929. The first-order valence-electron chi connectivity index (χ1n) is 7.69. The van der Waals surface area contributed by atoms with Crippen molar-refractivity contribution in [2.45, 2.75) is 64.9 Å². The first-order chi connectivity index (χ1) is 9.29. The van der Waals surface area contributed by atoms with Gasteiger partial charge in [-0.3, -0.25) is 0 Å². The molecule has 1 unspecified atom stereocenters. The number of phenols is 1. The van der Waals surface area contributed by atoms with Gasteiger partial charge < -0.3 is 12.7 Å². The number of unbranched alkanes of at least 4 members (excludes halogenated alkanes) is 5. The van der Waals surface area contributed by atoms with Crippen LogP contribution >= 0.6 is 0 Å². The summed E-state index contributed by atoms with van der Waals surface area (Å²) < 4.78 is 5.78. The van der Waals surface area contributed by atoms with Crippen molar-refractivity contribution in [3.05, 3.63) is 29.8 Å². The van der Waals surface area contributed by atoms with Gasteiger partial charge in [0.15, 0.2) is 0 Å². The predicted octanol–water partition coefficient (Wildman–Crippen LogP) is -0.547. The zero-order valence-corrected chi connectivity index (χ0v) is 18.4. The molecule has 112 valence electrons. The summed E-state index contributed by atoms with van der Waals surface area (Å²) in [5.74, 6) is 0.354. The molecule has 0 aliphatic carbocycles. The Labute approximate surface area is 177 Å². The van der Waals surface area contributed by atoms with E-state index in [0.717, 1.165) is 12.0 Å². The number of ether oxygens (including phenoxy) is 1. The SMILES string of the molecule is CCCCCCCCC(OCC)c1ccccc1O.[H-].[H-].[Na+].[Na+]. The van der Waals surface area contributed by atoms with Gasteiger partial charge >= 0.3 is 59.1 Å². The van der Waals surface area contributed by atoms with Crippen LogP contribution in [0.25, 0.3) is 0 Å². The van der Waals surface area contributed by atoms with Crippen LogP contribution in [0.4, 0.5) is 0 Å². The monoisotopic (exact) mass is 312 g/mol. The van der Waals surface area contributed by atoms with E-state index in [9.17, 15) is 5.11 Å². The molecule has 0 fully saturated rings. The first-order valence-corrected chi connectivity index (χ1v) is 7.69. The average molecular weight is 312 g/mol. The smallest absolute Gasteiger partial charge is 1.00 e. The molecule has 0 aromatic heterocycles. The van der Waals surface area contributed by atoms with Crippen molar-refractivity contribution in [3.8, 4) is 5.75 Å². The molecule has 1 atom stereocenters. The molecule has 0 heterocycles. The molecule has 0 saturated heterocycles. The third kappa shape index (κ3) is 10.4. The molecule has 1 aromatic rings. The van der Waals surface area contributed by atoms with E-state index in [-0.39, 0.29) is 68.1 Å². The molecule has 0 radical (unpaired) electrons. The molecule has 0 aliphatic rings. The molecule has 0 amide bonds. The van der Waals surface area contributed by atoms with Crippen molar-refractivity contribution in [3.63, 3.8) is 0 Å². The van der Waals surface area contributed by atoms with Crippen molar-refractivity contribution in [1.29, 1.82) is 0 Å². The van der Waals surface area contributed by atoms with Gasteiger partial charge in [-0.25, -0.2) is 0 Å². The Balaban J connectivity index is -0.000000451. The Hall–Kier alpha value is 0.980. The third-order valence-electron chi connectivity index (χ3n) is 3.47. The van der Waals surface area contributed by atoms with E-state index in [1.165, 1.54) is 38.5 Å². The minimum Gasteiger partial charge on any atom is -1.00 e. The van der Waals surface area contributed by atoms with Crippen molar-refractivity contribution in [2.75, 3.05) is 6.61 Å². The van der Waals surface area contributed by atoms with Crippen molar-refractivity contribution < 1.29 is 71.8 Å². The van der Waals surface area contributed by atoms with Crippen LogP contribution in [0.2, 0.25) is 0 Å². The van der Waals surface area contributed by atoms with E-state index in [1.54, 1.807) is 6.07 Å². The van der Waals surface area contributed by atoms with Crippen LogP contribution in [0.1, 0.15) is 73.3 Å². The van der Waals surface area contributed by atoms with Gasteiger partial charge in [-0.15, -0.1) is 0 Å². The van der Waals surface area contributed by atoms with Crippen LogP contribution in [0.3, 0.4) is 0 Å². The number of para-hydroxylation sites is 1. The maximum atomic E-state index is 9.90. The predicted molar refractivity (Wildman–Crippen MR) is 82.7 cm³/mol. The van der Waals surface area contributed by atoms with Gasteiger partial charge in [0.25, 0.3) is 0 Å². The molecule has 0 aliphatic heterocycles. The third-order valence-corrected chi connectivity index (χ3v) is 3.47. The van der Waals surface area contributed by atoms with Gasteiger partial charge in [-0.05, 0) is 19.4 Å². The maximum Gasteiger partial charge on any atom is 1.00 e. The molecule has 2 nitrogen and oxygen atoms in total. The molecule has 1 N–H and O–H groups in total. The Morgan fingerprint density at radius 2 is 1.62 bits per heavy atom. The molecule has 21 heavy (non-hydrogen) atoms. The second-order valence-electron chi connectivity index (χ2n) is 5.06. The topological polar surface area (TPSA) is 29.5 Å². The molecule has 1 rings (SSSR count). The summed E-state index contributed by atoms with van der Waals surface area (Å²) >= 11 is 0. The Morgan fingerprint density at radius 3 is 2.24 bits per heavy atom. The van der Waals surface area contributed by atoms with E-state index >= 15 is 0 Å². The fourth-order valence-corrected chi connectivity index (χ4v) is 2.40. The number of phenolic OH excluding ortho intramolecular Hbond substituents is 1. The van der Waals surface area contributed by atoms with Gasteiger partial charge in [-0.1, -0.05) is 63.6 Å². The van der Waals surface area contributed by atoms with E-state index < -0.39 is 0 Å². The fourth-order valence-electron chi connectivity index (χ4n) is 2.40. The Bertz CT molecular complexity index is 355. The molecule has 0 saturated carbocycles. The normalized spacial score (nSPS) is 11.3. The van der Waals surface area contributed by atoms with E-state index in [1.807, 2.05) is 25.1 Å². The zero-order valence-electron chi connectivity index (χ0n) is 16.4. The van der Waals surface area contributed by atoms with Gasteiger partial charge in [0.2, 0.25) is 0 Å². The quantitative estimate of drug-likeness (QED) is 0.464. The van der Waals surface area contributed by atoms with Crippen LogP contribution in [-0.4, -0.2) is 11.7 Å². The van der Waals surface area contributed by atoms with E-state index in [0.29, 0.717) is 12.4 Å². The minimum absolute atomic E-state index is 0. The summed E-state index contributed by atoms with van der Waals surface area (Å²) in [4.78, 5) is 0. The van der Waals surface area contributed by atoms with Crippen molar-refractivity contribution >= 4 is 0 Å². The summed E-state index contributed by atoms with van der Waals surface area (Å²) in [6.07, 6.45) is 8.75. The summed E-state index contributed by atoms with van der Waals surface area (Å²) in [6, 6.07) is 7.52. The van der Waals surface area contributed by atoms with E-state index in [4.69, 9.17) is 4.74 Å². The maximum absolute atomic E-state index is 9.90. The Kier molecular flexibility index (Phi) is 18.3. The zero-order chi connectivity index (χ0) is 13.9. The molecule has 0 spiro atoms. The van der Waals surface area contributed by atoms with Gasteiger partial charge in [-0.2, -0.15) is 0 Å². The summed E-state index contributed by atoms with van der Waals surface area (Å²) in [5, 5.41) is 9.90. The van der Waals surface area contributed by atoms with Crippen molar-refractivity contribution in [1.82, 2.24) is 0 Å². The van der Waals surface area contributed by atoms with Gasteiger partial charge in [0.1, 0.15) is 5.75 Å². The molecular formula is C17H30Na2O2. The average Bonchev–Trinajstić information content (AvgIpc) is 2.42. The molecule has 4 heteroatoms. The molecule has 0 bridgehead atoms. The largest absolute Gasteiger partial charge is 1.00 e. The van der Waals surface area contributed by atoms with Crippen molar-refractivity contribution in [2.24, 2.45) is 0 Å². The van der Waals surface area contributed by atoms with Crippen LogP contribution in [0.5, 0.6) is 5.75 Å². The number of aromatic hydroxyl groups is 1. The number of rotatable bonds is 10. The minimum atomic E-state index is 0. The standard InChI is InChI=1S/C17H28O2.2Na.2H/c1-3-5-6-7-8-9-14-17(19-4-2)15-12-10-11-13-16(15)18;;;;/h10-13,17-18H,3-9,14H2,1-2H3;;;;/q;2*+1;2*-1. The fraction of sp³-hybridized carbons (Fsp3) is 0.647. The Morgan fingerprint density at radius 1 is 1.00 bits per heavy atom. The van der Waals surface area contributed by atoms with Crippen LogP contribution in [-0.2, 0) is 4.74 Å². The van der Waals surface area contributed by atoms with Crippen LogP contribution in [0, 0.1) is 0 Å². The molecule has 1 aromatic carbocycles. The summed E-state index contributed by atoms with van der Waals surface area (Å²) in [7, 11) is 0. The second-order valence-corrected chi connectivity index (χ2v) is 5.06. The van der Waals surface area contributed by atoms with Gasteiger partial charge in [0, 0.05) is 12.2 Å². The second kappa shape index (κ2) is 15.9. The first kappa shape index (κ1) is 24.2. The summed E-state index contributed by atoms with van der Waals surface area (Å²) in [6.45, 7) is 4.94.